The Labute approximate surface area is 193 Å². The van der Waals surface area contributed by atoms with E-state index in [4.69, 9.17) is 15.1 Å². The van der Waals surface area contributed by atoms with E-state index in [1.807, 2.05) is 6.07 Å². The Balaban J connectivity index is 1.48. The molecule has 0 spiro atoms. The highest BCUT2D eigenvalue weighted by molar-refractivity contribution is 9.10. The van der Waals surface area contributed by atoms with Crippen LogP contribution in [0.3, 0.4) is 0 Å². The zero-order valence-corrected chi connectivity index (χ0v) is 19.3. The summed E-state index contributed by atoms with van der Waals surface area (Å²) >= 11 is 3.63. The fraction of sp³-hybridized carbons (Fsp3) is 0.391. The van der Waals surface area contributed by atoms with Crippen molar-refractivity contribution < 1.29 is 9.13 Å². The molecular weight excluding hydrogens is 475 g/mol. The molecule has 2 aromatic heterocycles. The summed E-state index contributed by atoms with van der Waals surface area (Å²) in [5.41, 5.74) is 3.24. The van der Waals surface area contributed by atoms with Crippen LogP contribution >= 0.6 is 15.9 Å². The number of hydrogen-bond acceptors (Lipinski definition) is 6. The first-order chi connectivity index (χ1) is 15.5. The molecule has 1 fully saturated rings. The minimum Gasteiger partial charge on any atom is -0.378 e. The third-order valence-electron chi connectivity index (χ3n) is 5.98. The van der Waals surface area contributed by atoms with E-state index in [9.17, 15) is 4.39 Å². The molecular formula is C23H24BrFN6O. The molecule has 0 bridgehead atoms. The quantitative estimate of drug-likeness (QED) is 0.519. The summed E-state index contributed by atoms with van der Waals surface area (Å²) < 4.78 is 20.9. The molecule has 3 aromatic rings. The number of nitrogens with one attached hydrogen (secondary N) is 2. The van der Waals surface area contributed by atoms with Gasteiger partial charge in [-0.2, -0.15) is 9.78 Å². The predicted molar refractivity (Wildman–Crippen MR) is 127 cm³/mol. The first-order valence-corrected chi connectivity index (χ1v) is 11.7. The second-order valence-corrected chi connectivity index (χ2v) is 9.48. The molecule has 9 heteroatoms. The second kappa shape index (κ2) is 8.80. The molecule has 3 unspecified atom stereocenters. The number of pyridine rings is 1. The number of aromatic nitrogens is 3. The molecule has 1 saturated heterocycles. The lowest BCUT2D eigenvalue weighted by Gasteiger charge is -2.28. The van der Waals surface area contributed by atoms with Gasteiger partial charge in [0.15, 0.2) is 5.82 Å². The van der Waals surface area contributed by atoms with Crippen molar-refractivity contribution in [2.24, 2.45) is 4.99 Å². The zero-order valence-electron chi connectivity index (χ0n) is 17.7. The van der Waals surface area contributed by atoms with Crippen LogP contribution in [0.5, 0.6) is 0 Å². The molecule has 0 amide bonds. The Morgan fingerprint density at radius 2 is 2.19 bits per heavy atom. The van der Waals surface area contributed by atoms with Crippen LogP contribution in [0.25, 0.3) is 22.0 Å². The Morgan fingerprint density at radius 1 is 1.31 bits per heavy atom. The van der Waals surface area contributed by atoms with Crippen LogP contribution in [-0.2, 0) is 4.74 Å². The Hall–Kier alpha value is -2.49. The van der Waals surface area contributed by atoms with Gasteiger partial charge in [-0.1, -0.05) is 15.9 Å². The van der Waals surface area contributed by atoms with Crippen molar-refractivity contribution in [1.29, 1.82) is 5.41 Å². The molecule has 1 aromatic carbocycles. The second-order valence-electron chi connectivity index (χ2n) is 8.37. The normalized spacial score (nSPS) is 23.7. The molecule has 0 aliphatic carbocycles. The number of hydrogen-bond donors (Lipinski definition) is 2. The highest BCUT2D eigenvalue weighted by atomic mass is 79.9. The van der Waals surface area contributed by atoms with Crippen molar-refractivity contribution in [3.8, 4) is 11.1 Å². The number of aliphatic imine (C=N–C) groups is 1. The zero-order chi connectivity index (χ0) is 22.2. The number of rotatable bonds is 4. The van der Waals surface area contributed by atoms with E-state index in [1.165, 1.54) is 12.1 Å². The van der Waals surface area contributed by atoms with Crippen LogP contribution in [-0.4, -0.2) is 56.4 Å². The van der Waals surface area contributed by atoms with Crippen LogP contribution in [0, 0.1) is 11.2 Å². The van der Waals surface area contributed by atoms with Crippen molar-refractivity contribution in [2.75, 3.05) is 13.2 Å². The van der Waals surface area contributed by atoms with E-state index >= 15 is 0 Å². The summed E-state index contributed by atoms with van der Waals surface area (Å²) in [7, 11) is 0. The summed E-state index contributed by atoms with van der Waals surface area (Å²) in [6.07, 6.45) is 6.28. The monoisotopic (exact) mass is 498 g/mol. The standard InChI is InChI=1S/C23H24BrFN6O/c1-13-6-17(4-5-32-13)27-11-18-9-20(24)22(26)31-23(30-18)19(12-29-31)15-7-14-8-16(25)2-3-21(14)28-10-15/h2-3,7-8,10,12-13,17,20,26-27H,4-6,9,11H2,1H3. The van der Waals surface area contributed by atoms with Gasteiger partial charge in [-0.05, 0) is 44.0 Å². The van der Waals surface area contributed by atoms with Crippen LogP contribution in [0.4, 0.5) is 10.2 Å². The smallest absolute Gasteiger partial charge is 0.165 e. The first-order valence-electron chi connectivity index (χ1n) is 10.8. The van der Waals surface area contributed by atoms with Crippen LogP contribution in [0.15, 0.2) is 41.7 Å². The lowest BCUT2D eigenvalue weighted by molar-refractivity contribution is 0.0142. The number of halogens is 2. The van der Waals surface area contributed by atoms with Crippen LogP contribution in [0.1, 0.15) is 26.2 Å². The first kappa shape index (κ1) is 21.4. The van der Waals surface area contributed by atoms with Crippen LogP contribution < -0.4 is 5.32 Å². The Morgan fingerprint density at radius 3 is 3.03 bits per heavy atom. The van der Waals surface area contributed by atoms with Gasteiger partial charge in [-0.15, -0.1) is 0 Å². The number of benzene rings is 1. The third kappa shape index (κ3) is 4.24. The van der Waals surface area contributed by atoms with Crippen molar-refractivity contribution in [3.63, 3.8) is 0 Å². The maximum Gasteiger partial charge on any atom is 0.165 e. The maximum atomic E-state index is 13.7. The number of nitrogens with zero attached hydrogens (tertiary/aromatic N) is 4. The fourth-order valence-electron chi connectivity index (χ4n) is 4.27. The van der Waals surface area contributed by atoms with Gasteiger partial charge >= 0.3 is 0 Å². The third-order valence-corrected chi connectivity index (χ3v) is 6.74. The average molecular weight is 499 g/mol. The number of alkyl halides is 1. The summed E-state index contributed by atoms with van der Waals surface area (Å²) in [6.45, 7) is 3.50. The summed E-state index contributed by atoms with van der Waals surface area (Å²) in [6, 6.07) is 6.82. The largest absolute Gasteiger partial charge is 0.378 e. The molecule has 3 atom stereocenters. The van der Waals surface area contributed by atoms with Gasteiger partial charge in [0.25, 0.3) is 0 Å². The average Bonchev–Trinajstić information content (AvgIpc) is 3.14. The van der Waals surface area contributed by atoms with Crippen LogP contribution in [0.2, 0.25) is 0 Å². The van der Waals surface area contributed by atoms with Gasteiger partial charge in [0.2, 0.25) is 0 Å². The molecule has 5 rings (SSSR count). The molecule has 32 heavy (non-hydrogen) atoms. The summed E-state index contributed by atoms with van der Waals surface area (Å²) in [5.74, 6) is 0.638. The Kier molecular flexibility index (Phi) is 5.88. The highest BCUT2D eigenvalue weighted by Gasteiger charge is 2.27. The van der Waals surface area contributed by atoms with Gasteiger partial charge in [0.1, 0.15) is 11.7 Å². The van der Waals surface area contributed by atoms with E-state index in [2.05, 4.69) is 38.3 Å². The van der Waals surface area contributed by atoms with Gasteiger partial charge < -0.3 is 10.1 Å². The van der Waals surface area contributed by atoms with Crippen molar-refractivity contribution >= 4 is 44.2 Å². The minimum atomic E-state index is -0.303. The van der Waals surface area contributed by atoms with Gasteiger partial charge in [-0.3, -0.25) is 10.4 Å². The minimum absolute atomic E-state index is 0.186. The maximum absolute atomic E-state index is 13.7. The molecule has 0 saturated carbocycles. The Bertz CT molecular complexity index is 1210. The van der Waals surface area contributed by atoms with E-state index in [0.717, 1.165) is 41.8 Å². The number of fused-ring (bicyclic) bond motifs is 2. The topological polar surface area (TPSA) is 88.2 Å². The summed E-state index contributed by atoms with van der Waals surface area (Å²) in [5, 5.41) is 17.3. The van der Waals surface area contributed by atoms with Gasteiger partial charge in [0, 0.05) is 54.0 Å². The summed E-state index contributed by atoms with van der Waals surface area (Å²) in [4.78, 5) is 9.21. The molecule has 2 aliphatic heterocycles. The molecule has 2 N–H and O–H groups in total. The lowest BCUT2D eigenvalue weighted by Crippen LogP contribution is -2.40. The van der Waals surface area contributed by atoms with Crippen molar-refractivity contribution in [2.45, 2.75) is 43.2 Å². The van der Waals surface area contributed by atoms with E-state index < -0.39 is 0 Å². The molecule has 166 valence electrons. The molecule has 2 aliphatic rings. The molecule has 0 radical (unpaired) electrons. The number of ether oxygens (including phenoxy) is 1. The van der Waals surface area contributed by atoms with Gasteiger partial charge in [-0.25, -0.2) is 9.38 Å². The van der Waals surface area contributed by atoms with Crippen molar-refractivity contribution in [3.05, 3.63) is 42.5 Å². The SMILES string of the molecule is CC1CC(NCC2=Nc3c(-c4cnc5ccc(F)cc5c4)cnn3C(=N)C(Br)C2)CCO1. The van der Waals surface area contributed by atoms with E-state index in [0.29, 0.717) is 36.0 Å². The fourth-order valence-corrected chi connectivity index (χ4v) is 4.84. The lowest BCUT2D eigenvalue weighted by atomic mass is 10.0. The predicted octanol–water partition coefficient (Wildman–Crippen LogP) is 4.46. The highest BCUT2D eigenvalue weighted by Crippen LogP contribution is 2.34. The van der Waals surface area contributed by atoms with E-state index in [-0.39, 0.29) is 16.7 Å². The van der Waals surface area contributed by atoms with Crippen molar-refractivity contribution in [1.82, 2.24) is 20.1 Å². The van der Waals surface area contributed by atoms with E-state index in [1.54, 1.807) is 23.1 Å². The molecule has 4 heterocycles. The van der Waals surface area contributed by atoms with Gasteiger partial charge in [0.05, 0.1) is 22.6 Å². The molecule has 7 nitrogen and oxygen atoms in total.